The molecule has 0 spiro atoms. The molecule has 0 saturated carbocycles. The highest BCUT2D eigenvalue weighted by Gasteiger charge is 2.27. The van der Waals surface area contributed by atoms with E-state index < -0.39 is 6.10 Å². The molecule has 0 bridgehead atoms. The Labute approximate surface area is 163 Å². The van der Waals surface area contributed by atoms with Gasteiger partial charge in [0.1, 0.15) is 11.8 Å². The van der Waals surface area contributed by atoms with Crippen molar-refractivity contribution in [1.82, 2.24) is 10.1 Å². The first-order chi connectivity index (χ1) is 12.6. The van der Waals surface area contributed by atoms with Crippen molar-refractivity contribution in [2.45, 2.75) is 6.10 Å². The number of rotatable bonds is 4. The van der Waals surface area contributed by atoms with Crippen molar-refractivity contribution in [3.05, 3.63) is 80.7 Å². The fourth-order valence-electron chi connectivity index (χ4n) is 2.74. The molecule has 4 aromatic rings. The molecule has 0 fully saturated rings. The van der Waals surface area contributed by atoms with Crippen LogP contribution in [0.15, 0.2) is 64.8 Å². The zero-order chi connectivity index (χ0) is 18.1. The summed E-state index contributed by atoms with van der Waals surface area (Å²) < 4.78 is 6.25. The van der Waals surface area contributed by atoms with Crippen LogP contribution in [0.2, 0.25) is 9.36 Å². The van der Waals surface area contributed by atoms with Gasteiger partial charge in [0, 0.05) is 39.5 Å². The molecule has 3 heterocycles. The van der Waals surface area contributed by atoms with E-state index in [9.17, 15) is 5.11 Å². The van der Waals surface area contributed by atoms with Crippen LogP contribution in [0.4, 0.5) is 0 Å². The second-order valence-corrected chi connectivity index (χ2v) is 7.59. The Bertz CT molecular complexity index is 1050. The lowest BCUT2D eigenvalue weighted by atomic mass is 9.96. The molecule has 130 valence electrons. The summed E-state index contributed by atoms with van der Waals surface area (Å²) in [5.41, 5.74) is 3.25. The maximum atomic E-state index is 11.0. The number of aliphatic hydroxyl groups is 1. The minimum absolute atomic E-state index is 0.459. The van der Waals surface area contributed by atoms with E-state index in [1.165, 1.54) is 11.3 Å². The fourth-order valence-corrected chi connectivity index (χ4v) is 3.79. The summed E-state index contributed by atoms with van der Waals surface area (Å²) in [6.45, 7) is 0. The summed E-state index contributed by atoms with van der Waals surface area (Å²) in [7, 11) is 0. The van der Waals surface area contributed by atoms with Gasteiger partial charge in [-0.2, -0.15) is 0 Å². The highest BCUT2D eigenvalue weighted by molar-refractivity contribution is 7.14. The lowest BCUT2D eigenvalue weighted by molar-refractivity contribution is 0.220. The first kappa shape index (κ1) is 17.2. The van der Waals surface area contributed by atoms with Gasteiger partial charge in [-0.1, -0.05) is 46.6 Å². The van der Waals surface area contributed by atoms with E-state index in [0.717, 1.165) is 11.1 Å². The van der Waals surface area contributed by atoms with Crippen molar-refractivity contribution < 1.29 is 9.63 Å². The largest absolute Gasteiger partial charge is 0.383 e. The molecule has 26 heavy (non-hydrogen) atoms. The molecule has 1 N–H and O–H groups in total. The molecule has 3 aromatic heterocycles. The van der Waals surface area contributed by atoms with Crippen LogP contribution < -0.4 is 0 Å². The molecule has 0 radical (unpaired) electrons. The van der Waals surface area contributed by atoms with Crippen LogP contribution in [-0.4, -0.2) is 15.2 Å². The minimum atomic E-state index is -0.961. The highest BCUT2D eigenvalue weighted by Crippen LogP contribution is 2.41. The monoisotopic (exact) mass is 402 g/mol. The molecular formula is C19H12Cl2N2O2S. The minimum Gasteiger partial charge on any atom is -0.383 e. The summed E-state index contributed by atoms with van der Waals surface area (Å²) in [6.07, 6.45) is 2.31. The molecule has 1 aromatic carbocycles. The van der Waals surface area contributed by atoms with Crippen LogP contribution in [-0.2, 0) is 0 Å². The Balaban J connectivity index is 1.91. The summed E-state index contributed by atoms with van der Waals surface area (Å²) in [5.74, 6) is 0.459. The van der Waals surface area contributed by atoms with E-state index in [1.807, 2.05) is 17.5 Å². The van der Waals surface area contributed by atoms with E-state index in [4.69, 9.17) is 27.7 Å². The predicted octanol–water partition coefficient (Wildman–Crippen LogP) is 5.85. The van der Waals surface area contributed by atoms with Crippen molar-refractivity contribution in [2.24, 2.45) is 0 Å². The third-order valence-corrected chi connectivity index (χ3v) is 5.26. The topological polar surface area (TPSA) is 59.2 Å². The van der Waals surface area contributed by atoms with Gasteiger partial charge in [0.2, 0.25) is 0 Å². The summed E-state index contributed by atoms with van der Waals surface area (Å²) in [6, 6.07) is 12.6. The van der Waals surface area contributed by atoms with Crippen molar-refractivity contribution >= 4 is 34.5 Å². The standard InChI is InChI=1S/C19H12Cl2N2O2S/c20-14-5-1-3-11(7-14)19-16(18(24)12-4-2-6-22-9-12)17(23-25-19)13-8-15(21)26-10-13/h1-10,18,24H. The van der Waals surface area contributed by atoms with Crippen LogP contribution in [0.3, 0.4) is 0 Å². The van der Waals surface area contributed by atoms with E-state index >= 15 is 0 Å². The van der Waals surface area contributed by atoms with Crippen LogP contribution >= 0.6 is 34.5 Å². The maximum Gasteiger partial charge on any atom is 0.173 e. The van der Waals surface area contributed by atoms with Crippen LogP contribution in [0, 0.1) is 0 Å². The SMILES string of the molecule is OC(c1cccnc1)c1c(-c2csc(Cl)c2)noc1-c1cccc(Cl)c1. The Hall–Kier alpha value is -2.18. The Morgan fingerprint density at radius 1 is 1.08 bits per heavy atom. The molecule has 0 aliphatic carbocycles. The molecule has 7 heteroatoms. The lowest BCUT2D eigenvalue weighted by Crippen LogP contribution is -2.02. The average molecular weight is 403 g/mol. The molecule has 4 nitrogen and oxygen atoms in total. The average Bonchev–Trinajstić information content (AvgIpc) is 3.28. The lowest BCUT2D eigenvalue weighted by Gasteiger charge is -2.12. The van der Waals surface area contributed by atoms with Crippen molar-refractivity contribution in [2.75, 3.05) is 0 Å². The first-order valence-electron chi connectivity index (χ1n) is 7.71. The Kier molecular flexibility index (Phi) is 4.78. The number of nitrogens with zero attached hydrogens (tertiary/aromatic N) is 2. The maximum absolute atomic E-state index is 11.0. The zero-order valence-electron chi connectivity index (χ0n) is 13.3. The zero-order valence-corrected chi connectivity index (χ0v) is 15.6. The van der Waals surface area contributed by atoms with Gasteiger partial charge in [0.25, 0.3) is 0 Å². The third-order valence-electron chi connectivity index (χ3n) is 3.93. The van der Waals surface area contributed by atoms with E-state index in [2.05, 4.69) is 10.1 Å². The number of hydrogen-bond donors (Lipinski definition) is 1. The molecule has 1 atom stereocenters. The van der Waals surface area contributed by atoms with Crippen molar-refractivity contribution in [3.63, 3.8) is 0 Å². The summed E-state index contributed by atoms with van der Waals surface area (Å²) in [5, 5.41) is 17.7. The van der Waals surface area contributed by atoms with Gasteiger partial charge in [-0.25, -0.2) is 0 Å². The van der Waals surface area contributed by atoms with Crippen LogP contribution in [0.1, 0.15) is 17.2 Å². The van der Waals surface area contributed by atoms with E-state index in [1.54, 1.807) is 42.7 Å². The van der Waals surface area contributed by atoms with Crippen LogP contribution in [0.5, 0.6) is 0 Å². The highest BCUT2D eigenvalue weighted by atomic mass is 35.5. The van der Waals surface area contributed by atoms with Crippen molar-refractivity contribution in [3.8, 4) is 22.6 Å². The first-order valence-corrected chi connectivity index (χ1v) is 9.35. The molecular weight excluding hydrogens is 391 g/mol. The summed E-state index contributed by atoms with van der Waals surface area (Å²) in [4.78, 5) is 4.09. The molecule has 0 aliphatic heterocycles. The van der Waals surface area contributed by atoms with Gasteiger partial charge in [0.15, 0.2) is 5.76 Å². The molecule has 0 amide bonds. The second-order valence-electron chi connectivity index (χ2n) is 5.61. The smallest absolute Gasteiger partial charge is 0.173 e. The number of thiophene rings is 1. The van der Waals surface area contributed by atoms with Gasteiger partial charge in [-0.3, -0.25) is 4.98 Å². The van der Waals surface area contributed by atoms with Crippen molar-refractivity contribution in [1.29, 1.82) is 0 Å². The normalized spacial score (nSPS) is 12.3. The Morgan fingerprint density at radius 2 is 1.96 bits per heavy atom. The molecule has 0 aliphatic rings. The molecule has 0 saturated heterocycles. The van der Waals surface area contributed by atoms with Gasteiger partial charge in [-0.05, 0) is 24.3 Å². The molecule has 4 rings (SSSR count). The summed E-state index contributed by atoms with van der Waals surface area (Å²) >= 11 is 13.6. The number of aromatic nitrogens is 2. The van der Waals surface area contributed by atoms with Gasteiger partial charge >= 0.3 is 0 Å². The predicted molar refractivity (Wildman–Crippen MR) is 104 cm³/mol. The quantitative estimate of drug-likeness (QED) is 0.464. The number of aliphatic hydroxyl groups excluding tert-OH is 1. The van der Waals surface area contributed by atoms with E-state index in [-0.39, 0.29) is 0 Å². The molecule has 1 unspecified atom stereocenters. The number of benzene rings is 1. The van der Waals surface area contributed by atoms with E-state index in [0.29, 0.717) is 31.9 Å². The van der Waals surface area contributed by atoms with Gasteiger partial charge in [0.05, 0.1) is 9.90 Å². The van der Waals surface area contributed by atoms with Gasteiger partial charge < -0.3 is 9.63 Å². The third kappa shape index (κ3) is 3.27. The Morgan fingerprint density at radius 3 is 2.65 bits per heavy atom. The van der Waals surface area contributed by atoms with Gasteiger partial charge in [-0.15, -0.1) is 11.3 Å². The fraction of sp³-hybridized carbons (Fsp3) is 0.0526. The second kappa shape index (κ2) is 7.21. The van der Waals surface area contributed by atoms with Crippen LogP contribution in [0.25, 0.3) is 22.6 Å². The number of pyridine rings is 1. The number of halogens is 2. The number of hydrogen-bond acceptors (Lipinski definition) is 5.